The van der Waals surface area contributed by atoms with Gasteiger partial charge in [-0.3, -0.25) is 0 Å². The van der Waals surface area contributed by atoms with E-state index in [4.69, 9.17) is 9.47 Å². The van der Waals surface area contributed by atoms with Crippen molar-refractivity contribution in [1.29, 1.82) is 0 Å². The minimum Gasteiger partial charge on any atom is -0.454 e. The third kappa shape index (κ3) is 2.49. The van der Waals surface area contributed by atoms with Crippen LogP contribution in [0.4, 0.5) is 0 Å². The van der Waals surface area contributed by atoms with Crippen molar-refractivity contribution in [3.05, 3.63) is 42.0 Å². The third-order valence-electron chi connectivity index (χ3n) is 4.29. The summed E-state index contributed by atoms with van der Waals surface area (Å²) in [6, 6.07) is 6.15. The first kappa shape index (κ1) is 12.7. The molecular formula is C16H19N3O2. The van der Waals surface area contributed by atoms with Gasteiger partial charge >= 0.3 is 0 Å². The van der Waals surface area contributed by atoms with Crippen LogP contribution >= 0.6 is 0 Å². The van der Waals surface area contributed by atoms with Gasteiger partial charge in [0.25, 0.3) is 0 Å². The van der Waals surface area contributed by atoms with Crippen LogP contribution in [-0.4, -0.2) is 29.4 Å². The number of nitrogens with zero attached hydrogens (tertiary/aromatic N) is 2. The zero-order valence-corrected chi connectivity index (χ0v) is 11.9. The average molecular weight is 285 g/mol. The summed E-state index contributed by atoms with van der Waals surface area (Å²) in [7, 11) is 0. The van der Waals surface area contributed by atoms with Crippen LogP contribution in [0.3, 0.4) is 0 Å². The van der Waals surface area contributed by atoms with Crippen LogP contribution in [0.5, 0.6) is 11.5 Å². The zero-order valence-electron chi connectivity index (χ0n) is 11.9. The summed E-state index contributed by atoms with van der Waals surface area (Å²) in [5.41, 5.74) is 2.56. The third-order valence-corrected chi connectivity index (χ3v) is 4.29. The first-order chi connectivity index (χ1) is 10.4. The molecule has 0 spiro atoms. The molecule has 5 heteroatoms. The molecule has 0 unspecified atom stereocenters. The number of hydrogen-bond acceptors (Lipinski definition) is 4. The number of fused-ring (bicyclic) bond motifs is 1. The zero-order chi connectivity index (χ0) is 14.1. The lowest BCUT2D eigenvalue weighted by Gasteiger charge is -2.23. The SMILES string of the molecule is c1cc2c(cc1Cn1cncc1C1CCNCC1)OCO2. The van der Waals surface area contributed by atoms with Gasteiger partial charge in [0.15, 0.2) is 11.5 Å². The second-order valence-corrected chi connectivity index (χ2v) is 5.66. The fraction of sp³-hybridized carbons (Fsp3) is 0.438. The fourth-order valence-corrected chi connectivity index (χ4v) is 3.16. The molecule has 0 atom stereocenters. The number of benzene rings is 1. The van der Waals surface area contributed by atoms with Crippen LogP contribution < -0.4 is 14.8 Å². The van der Waals surface area contributed by atoms with Gasteiger partial charge in [-0.25, -0.2) is 4.98 Å². The number of imidazole rings is 1. The Labute approximate surface area is 123 Å². The second-order valence-electron chi connectivity index (χ2n) is 5.66. The van der Waals surface area contributed by atoms with E-state index < -0.39 is 0 Å². The van der Waals surface area contributed by atoms with Gasteiger partial charge in [-0.1, -0.05) is 6.07 Å². The Kier molecular flexibility index (Phi) is 3.27. The number of nitrogens with one attached hydrogen (secondary N) is 1. The average Bonchev–Trinajstić information content (AvgIpc) is 3.16. The van der Waals surface area contributed by atoms with Crippen molar-refractivity contribution in [2.45, 2.75) is 25.3 Å². The Bertz CT molecular complexity index is 632. The van der Waals surface area contributed by atoms with Crippen LogP contribution in [0.25, 0.3) is 0 Å². The molecule has 2 aliphatic heterocycles. The van der Waals surface area contributed by atoms with Crippen LogP contribution in [0, 0.1) is 0 Å². The van der Waals surface area contributed by atoms with E-state index in [1.165, 1.54) is 24.1 Å². The highest BCUT2D eigenvalue weighted by Gasteiger charge is 2.19. The number of aromatic nitrogens is 2. The Morgan fingerprint density at radius 3 is 2.95 bits per heavy atom. The second kappa shape index (κ2) is 5.41. The number of rotatable bonds is 3. The Balaban J connectivity index is 1.56. The first-order valence-electron chi connectivity index (χ1n) is 7.49. The van der Waals surface area contributed by atoms with E-state index in [9.17, 15) is 0 Å². The van der Waals surface area contributed by atoms with Crippen molar-refractivity contribution >= 4 is 0 Å². The van der Waals surface area contributed by atoms with E-state index in [0.29, 0.717) is 12.7 Å². The number of ether oxygens (including phenoxy) is 2. The highest BCUT2D eigenvalue weighted by atomic mass is 16.7. The van der Waals surface area contributed by atoms with Crippen LogP contribution in [-0.2, 0) is 6.54 Å². The predicted octanol–water partition coefficient (Wildman–Crippen LogP) is 2.13. The van der Waals surface area contributed by atoms with E-state index in [1.54, 1.807) is 0 Å². The molecule has 0 aliphatic carbocycles. The molecule has 1 aromatic heterocycles. The summed E-state index contributed by atoms with van der Waals surface area (Å²) >= 11 is 0. The molecule has 21 heavy (non-hydrogen) atoms. The molecule has 1 fully saturated rings. The van der Waals surface area contributed by atoms with Gasteiger partial charge in [0.05, 0.1) is 6.33 Å². The summed E-state index contributed by atoms with van der Waals surface area (Å²) in [4.78, 5) is 4.35. The van der Waals surface area contributed by atoms with Gasteiger partial charge in [0.2, 0.25) is 6.79 Å². The lowest BCUT2D eigenvalue weighted by atomic mass is 9.95. The summed E-state index contributed by atoms with van der Waals surface area (Å²) in [5, 5.41) is 3.41. The summed E-state index contributed by atoms with van der Waals surface area (Å²) in [6.45, 7) is 3.35. The standard InChI is InChI=1S/C16H19N3O2/c1-2-15-16(21-11-20-15)7-12(1)9-19-10-18-8-14(19)13-3-5-17-6-4-13/h1-2,7-8,10,13,17H,3-6,9,11H2. The van der Waals surface area contributed by atoms with Gasteiger partial charge in [0, 0.05) is 24.4 Å². The normalized spacial score (nSPS) is 18.1. The highest BCUT2D eigenvalue weighted by molar-refractivity contribution is 5.44. The molecular weight excluding hydrogens is 266 g/mol. The van der Waals surface area contributed by atoms with Crippen molar-refractivity contribution in [3.63, 3.8) is 0 Å². The maximum absolute atomic E-state index is 5.45. The van der Waals surface area contributed by atoms with Gasteiger partial charge in [-0.2, -0.15) is 0 Å². The molecule has 0 radical (unpaired) electrons. The topological polar surface area (TPSA) is 48.3 Å². The molecule has 0 bridgehead atoms. The smallest absolute Gasteiger partial charge is 0.231 e. The lowest BCUT2D eigenvalue weighted by Crippen LogP contribution is -2.27. The lowest BCUT2D eigenvalue weighted by molar-refractivity contribution is 0.174. The highest BCUT2D eigenvalue weighted by Crippen LogP contribution is 2.33. The van der Waals surface area contributed by atoms with Gasteiger partial charge < -0.3 is 19.4 Å². The Morgan fingerprint density at radius 2 is 2.05 bits per heavy atom. The van der Waals surface area contributed by atoms with Crippen molar-refractivity contribution in [2.75, 3.05) is 19.9 Å². The molecule has 0 saturated carbocycles. The van der Waals surface area contributed by atoms with E-state index >= 15 is 0 Å². The molecule has 2 aliphatic rings. The van der Waals surface area contributed by atoms with E-state index in [2.05, 4.69) is 27.0 Å². The van der Waals surface area contributed by atoms with Crippen molar-refractivity contribution in [3.8, 4) is 11.5 Å². The maximum atomic E-state index is 5.45. The Hall–Kier alpha value is -2.01. The van der Waals surface area contributed by atoms with Crippen LogP contribution in [0.15, 0.2) is 30.7 Å². The van der Waals surface area contributed by atoms with Gasteiger partial charge in [-0.15, -0.1) is 0 Å². The van der Waals surface area contributed by atoms with Crippen LogP contribution in [0.2, 0.25) is 0 Å². The summed E-state index contributed by atoms with van der Waals surface area (Å²) in [6.07, 6.45) is 6.32. The van der Waals surface area contributed by atoms with E-state index in [0.717, 1.165) is 31.1 Å². The molecule has 110 valence electrons. The molecule has 1 N–H and O–H groups in total. The van der Waals surface area contributed by atoms with E-state index in [-0.39, 0.29) is 0 Å². The molecule has 4 rings (SSSR count). The summed E-state index contributed by atoms with van der Waals surface area (Å²) in [5.74, 6) is 2.29. The largest absolute Gasteiger partial charge is 0.454 e. The minimum absolute atomic E-state index is 0.324. The molecule has 3 heterocycles. The summed E-state index contributed by atoms with van der Waals surface area (Å²) < 4.78 is 13.1. The first-order valence-corrected chi connectivity index (χ1v) is 7.49. The van der Waals surface area contributed by atoms with Gasteiger partial charge in [0.1, 0.15) is 0 Å². The Morgan fingerprint density at radius 1 is 1.19 bits per heavy atom. The van der Waals surface area contributed by atoms with Crippen molar-refractivity contribution in [1.82, 2.24) is 14.9 Å². The molecule has 1 aromatic carbocycles. The minimum atomic E-state index is 0.324. The number of hydrogen-bond donors (Lipinski definition) is 1. The molecule has 1 saturated heterocycles. The quantitative estimate of drug-likeness (QED) is 0.938. The number of piperidine rings is 1. The maximum Gasteiger partial charge on any atom is 0.231 e. The molecule has 5 nitrogen and oxygen atoms in total. The van der Waals surface area contributed by atoms with Crippen LogP contribution in [0.1, 0.15) is 30.0 Å². The predicted molar refractivity (Wildman–Crippen MR) is 78.7 cm³/mol. The van der Waals surface area contributed by atoms with Crippen molar-refractivity contribution < 1.29 is 9.47 Å². The van der Waals surface area contributed by atoms with Crippen molar-refractivity contribution in [2.24, 2.45) is 0 Å². The molecule has 2 aromatic rings. The van der Waals surface area contributed by atoms with Gasteiger partial charge in [-0.05, 0) is 43.6 Å². The monoisotopic (exact) mass is 285 g/mol. The van der Waals surface area contributed by atoms with E-state index in [1.807, 2.05) is 18.6 Å². The fourth-order valence-electron chi connectivity index (χ4n) is 3.16. The molecule has 0 amide bonds.